The fourth-order valence-corrected chi connectivity index (χ4v) is 3.96. The van der Waals surface area contributed by atoms with E-state index in [-0.39, 0.29) is 5.56 Å². The highest BCUT2D eigenvalue weighted by Gasteiger charge is 2.15. The highest BCUT2D eigenvalue weighted by molar-refractivity contribution is 5.96. The van der Waals surface area contributed by atoms with Crippen LogP contribution < -0.4 is 11.3 Å². The second-order valence-electron chi connectivity index (χ2n) is 7.41. The van der Waals surface area contributed by atoms with Gasteiger partial charge in [0.25, 0.3) is 5.56 Å². The first-order valence-electron chi connectivity index (χ1n) is 10.1. The molecule has 148 valence electrons. The predicted octanol–water partition coefficient (Wildman–Crippen LogP) is 4.56. The molecule has 2 aromatic heterocycles. The first kappa shape index (κ1) is 18.3. The standard InChI is InChI=1S/C25H22N4O/c26-13-6-14-29-16-20(19-9-4-5-10-23(19)29)24-25(30)28-22-15-18(11-12-21(22)27-24)17-7-2-1-3-8-17/h1-5,7-12,15-16H,6,13-14,26H2,(H,28,30). The van der Waals surface area contributed by atoms with Crippen molar-refractivity contribution in [2.24, 2.45) is 5.73 Å². The molecule has 0 radical (unpaired) electrons. The lowest BCUT2D eigenvalue weighted by atomic mass is 10.0. The number of nitrogens with one attached hydrogen (secondary N) is 1. The van der Waals surface area contributed by atoms with E-state index in [1.165, 1.54) is 0 Å². The normalized spacial score (nSPS) is 11.4. The summed E-state index contributed by atoms with van der Waals surface area (Å²) in [6, 6.07) is 24.2. The Kier molecular flexibility index (Phi) is 4.65. The maximum atomic E-state index is 13.0. The average molecular weight is 394 g/mol. The molecule has 0 saturated carbocycles. The molecule has 0 atom stereocenters. The van der Waals surface area contributed by atoms with Gasteiger partial charge in [-0.15, -0.1) is 0 Å². The summed E-state index contributed by atoms with van der Waals surface area (Å²) in [5.74, 6) is 0. The summed E-state index contributed by atoms with van der Waals surface area (Å²) in [7, 11) is 0. The van der Waals surface area contributed by atoms with Crippen LogP contribution in [0.1, 0.15) is 6.42 Å². The largest absolute Gasteiger partial charge is 0.347 e. The summed E-state index contributed by atoms with van der Waals surface area (Å²) >= 11 is 0. The fraction of sp³-hybridized carbons (Fsp3) is 0.120. The molecule has 0 bridgehead atoms. The number of para-hydroxylation sites is 1. The highest BCUT2D eigenvalue weighted by Crippen LogP contribution is 2.29. The molecular weight excluding hydrogens is 372 g/mol. The number of aromatic nitrogens is 3. The maximum absolute atomic E-state index is 13.0. The van der Waals surface area contributed by atoms with E-state index in [1.807, 2.05) is 60.8 Å². The Bertz CT molecular complexity index is 1400. The van der Waals surface area contributed by atoms with Gasteiger partial charge in [0.15, 0.2) is 0 Å². The molecule has 3 N–H and O–H groups in total. The smallest absolute Gasteiger partial charge is 0.275 e. The number of rotatable bonds is 5. The highest BCUT2D eigenvalue weighted by atomic mass is 16.1. The fourth-order valence-electron chi connectivity index (χ4n) is 3.96. The summed E-state index contributed by atoms with van der Waals surface area (Å²) < 4.78 is 2.15. The lowest BCUT2D eigenvalue weighted by Gasteiger charge is -2.05. The first-order valence-corrected chi connectivity index (χ1v) is 10.1. The molecule has 3 aromatic carbocycles. The van der Waals surface area contributed by atoms with Gasteiger partial charge >= 0.3 is 0 Å². The van der Waals surface area contributed by atoms with E-state index in [2.05, 4.69) is 27.8 Å². The van der Waals surface area contributed by atoms with Gasteiger partial charge in [0.05, 0.1) is 11.0 Å². The molecule has 0 amide bonds. The molecule has 0 saturated heterocycles. The Labute approximate surface area is 173 Å². The number of fused-ring (bicyclic) bond motifs is 2. The Hall–Kier alpha value is -3.70. The van der Waals surface area contributed by atoms with Crippen LogP contribution in [0.5, 0.6) is 0 Å². The number of nitrogens with zero attached hydrogens (tertiary/aromatic N) is 2. The van der Waals surface area contributed by atoms with Gasteiger partial charge < -0.3 is 15.3 Å². The number of hydrogen-bond donors (Lipinski definition) is 2. The monoisotopic (exact) mass is 394 g/mol. The van der Waals surface area contributed by atoms with Gasteiger partial charge in [0, 0.05) is 29.2 Å². The van der Waals surface area contributed by atoms with Crippen LogP contribution in [0.2, 0.25) is 0 Å². The lowest BCUT2D eigenvalue weighted by Crippen LogP contribution is -2.11. The Morgan fingerprint density at radius 3 is 2.57 bits per heavy atom. The molecule has 5 heteroatoms. The van der Waals surface area contributed by atoms with Gasteiger partial charge in [-0.05, 0) is 42.3 Å². The number of aryl methyl sites for hydroxylation is 1. The van der Waals surface area contributed by atoms with Gasteiger partial charge in [-0.3, -0.25) is 4.79 Å². The first-order chi connectivity index (χ1) is 14.7. The second-order valence-corrected chi connectivity index (χ2v) is 7.41. The van der Waals surface area contributed by atoms with E-state index in [0.717, 1.165) is 51.6 Å². The minimum atomic E-state index is -0.186. The average Bonchev–Trinajstić information content (AvgIpc) is 3.16. The zero-order valence-corrected chi connectivity index (χ0v) is 16.5. The zero-order valence-electron chi connectivity index (χ0n) is 16.5. The van der Waals surface area contributed by atoms with Crippen molar-refractivity contribution in [3.63, 3.8) is 0 Å². The number of benzene rings is 3. The van der Waals surface area contributed by atoms with Gasteiger partial charge in [-0.25, -0.2) is 4.98 Å². The van der Waals surface area contributed by atoms with Crippen LogP contribution in [-0.2, 0) is 6.54 Å². The zero-order chi connectivity index (χ0) is 20.5. The molecule has 30 heavy (non-hydrogen) atoms. The third kappa shape index (κ3) is 3.19. The number of hydrogen-bond acceptors (Lipinski definition) is 3. The van der Waals surface area contributed by atoms with E-state index >= 15 is 0 Å². The van der Waals surface area contributed by atoms with E-state index in [9.17, 15) is 4.79 Å². The summed E-state index contributed by atoms with van der Waals surface area (Å²) in [6.45, 7) is 1.43. The molecule has 5 nitrogen and oxygen atoms in total. The van der Waals surface area contributed by atoms with Crippen molar-refractivity contribution in [1.82, 2.24) is 14.5 Å². The van der Waals surface area contributed by atoms with Crippen LogP contribution in [0.3, 0.4) is 0 Å². The molecule has 0 spiro atoms. The number of aromatic amines is 1. The van der Waals surface area contributed by atoms with Crippen molar-refractivity contribution in [1.29, 1.82) is 0 Å². The Balaban J connectivity index is 1.65. The van der Waals surface area contributed by atoms with Gasteiger partial charge in [-0.1, -0.05) is 54.6 Å². The summed E-state index contributed by atoms with van der Waals surface area (Å²) in [5, 5.41) is 1.02. The van der Waals surface area contributed by atoms with Crippen molar-refractivity contribution in [3.8, 4) is 22.4 Å². The Morgan fingerprint density at radius 1 is 0.933 bits per heavy atom. The van der Waals surface area contributed by atoms with Crippen LogP contribution in [0.25, 0.3) is 44.3 Å². The van der Waals surface area contributed by atoms with E-state index in [1.54, 1.807) is 0 Å². The summed E-state index contributed by atoms with van der Waals surface area (Å²) in [4.78, 5) is 20.8. The van der Waals surface area contributed by atoms with Crippen molar-refractivity contribution in [2.45, 2.75) is 13.0 Å². The third-order valence-corrected chi connectivity index (χ3v) is 5.45. The van der Waals surface area contributed by atoms with Crippen LogP contribution in [0.15, 0.2) is 83.8 Å². The van der Waals surface area contributed by atoms with E-state index < -0.39 is 0 Å². The predicted molar refractivity (Wildman–Crippen MR) is 122 cm³/mol. The lowest BCUT2D eigenvalue weighted by molar-refractivity contribution is 0.671. The topological polar surface area (TPSA) is 76.7 Å². The summed E-state index contributed by atoms with van der Waals surface area (Å²) in [6.07, 6.45) is 2.89. The molecule has 0 unspecified atom stereocenters. The van der Waals surface area contributed by atoms with Gasteiger partial charge in [-0.2, -0.15) is 0 Å². The van der Waals surface area contributed by atoms with Crippen molar-refractivity contribution in [3.05, 3.63) is 89.3 Å². The van der Waals surface area contributed by atoms with Crippen LogP contribution in [-0.4, -0.2) is 21.1 Å². The maximum Gasteiger partial charge on any atom is 0.275 e. The van der Waals surface area contributed by atoms with E-state index in [4.69, 9.17) is 10.7 Å². The van der Waals surface area contributed by atoms with Crippen molar-refractivity contribution in [2.75, 3.05) is 6.54 Å². The van der Waals surface area contributed by atoms with Crippen molar-refractivity contribution >= 4 is 21.9 Å². The molecule has 0 aliphatic heterocycles. The third-order valence-electron chi connectivity index (χ3n) is 5.45. The molecule has 5 rings (SSSR count). The van der Waals surface area contributed by atoms with Gasteiger partial charge in [0.1, 0.15) is 5.69 Å². The molecule has 0 fully saturated rings. The molecule has 2 heterocycles. The number of H-pyrrole nitrogens is 1. The minimum Gasteiger partial charge on any atom is -0.347 e. The Morgan fingerprint density at radius 2 is 1.73 bits per heavy atom. The summed E-state index contributed by atoms with van der Waals surface area (Å²) in [5.41, 5.74) is 11.5. The SMILES string of the molecule is NCCCn1cc(-c2nc3ccc(-c4ccccc4)cc3[nH]c2=O)c2ccccc21. The molecule has 0 aliphatic rings. The number of nitrogens with two attached hydrogens (primary N) is 1. The van der Waals surface area contributed by atoms with E-state index in [0.29, 0.717) is 12.2 Å². The molecular formula is C25H22N4O. The van der Waals surface area contributed by atoms with Gasteiger partial charge in [0.2, 0.25) is 0 Å². The van der Waals surface area contributed by atoms with Crippen LogP contribution in [0, 0.1) is 0 Å². The molecule has 0 aliphatic carbocycles. The van der Waals surface area contributed by atoms with Crippen LogP contribution >= 0.6 is 0 Å². The van der Waals surface area contributed by atoms with Crippen molar-refractivity contribution < 1.29 is 0 Å². The van der Waals surface area contributed by atoms with Crippen LogP contribution in [0.4, 0.5) is 0 Å². The molecule has 5 aromatic rings. The minimum absolute atomic E-state index is 0.186. The second kappa shape index (κ2) is 7.61. The quantitative estimate of drug-likeness (QED) is 0.459.